The van der Waals surface area contributed by atoms with E-state index in [-0.39, 0.29) is 31.1 Å². The van der Waals surface area contributed by atoms with Crippen LogP contribution in [0.3, 0.4) is 0 Å². The molecule has 0 saturated carbocycles. The Morgan fingerprint density at radius 1 is 0.273 bits per heavy atom. The Bertz CT molecular complexity index is 1330. The average Bonchev–Trinajstić information content (AvgIpc) is 3.43. The van der Waals surface area contributed by atoms with Crippen LogP contribution in [-0.4, -0.2) is 37.2 Å². The Balaban J connectivity index is 3.98. The fraction of sp³-hybridized carbons (Fsp3) is 0.845. The van der Waals surface area contributed by atoms with E-state index in [2.05, 4.69) is 69.4 Å². The van der Waals surface area contributed by atoms with Gasteiger partial charge in [-0.1, -0.05) is 339 Å². The second kappa shape index (κ2) is 65.9. The fourth-order valence-corrected chi connectivity index (χ4v) is 10.3. The summed E-state index contributed by atoms with van der Waals surface area (Å²) in [7, 11) is 0. The Hall–Kier alpha value is -2.63. The highest BCUT2D eigenvalue weighted by molar-refractivity contribution is 5.71. The minimum Gasteiger partial charge on any atom is -0.462 e. The van der Waals surface area contributed by atoms with Crippen molar-refractivity contribution in [3.63, 3.8) is 0 Å². The maximum absolute atomic E-state index is 12.8. The standard InChI is InChI=1S/C71H130O6/c1-4-7-10-13-16-18-20-22-24-26-28-29-30-31-32-33-34-35-36-37-38-39-40-41-43-44-46-48-50-52-55-58-61-64-70(73)76-67-68(66-75-69(72)63-60-57-54-15-12-9-6-3)77-71(74)65-62-59-56-53-51-49-47-45-42-27-25-23-21-19-17-14-11-8-5-2/h8,11,17,19,23,25,42,45,68H,4-7,9-10,12-16,18,20-22,24,26-41,43-44,46-67H2,1-3H3/b11-8-,19-17-,25-23-,45-42-. The Kier molecular flexibility index (Phi) is 63.6. The second-order valence-corrected chi connectivity index (χ2v) is 23.1. The molecule has 450 valence electrons. The minimum atomic E-state index is -0.777. The minimum absolute atomic E-state index is 0.0752. The summed E-state index contributed by atoms with van der Waals surface area (Å²) in [6.45, 7) is 6.53. The van der Waals surface area contributed by atoms with Crippen molar-refractivity contribution in [2.24, 2.45) is 0 Å². The predicted octanol–water partition coefficient (Wildman–Crippen LogP) is 23.3. The van der Waals surface area contributed by atoms with E-state index in [9.17, 15) is 14.4 Å². The molecule has 0 aromatic heterocycles. The van der Waals surface area contributed by atoms with Gasteiger partial charge in [0.05, 0.1) is 0 Å². The first-order chi connectivity index (χ1) is 38.0. The van der Waals surface area contributed by atoms with Gasteiger partial charge in [-0.2, -0.15) is 0 Å². The van der Waals surface area contributed by atoms with Gasteiger partial charge in [-0.05, 0) is 57.8 Å². The molecule has 0 radical (unpaired) electrons. The number of hydrogen-bond acceptors (Lipinski definition) is 6. The van der Waals surface area contributed by atoms with Crippen LogP contribution in [0.15, 0.2) is 48.6 Å². The Morgan fingerprint density at radius 3 is 0.792 bits per heavy atom. The molecule has 6 heteroatoms. The van der Waals surface area contributed by atoms with E-state index in [1.54, 1.807) is 0 Å². The third kappa shape index (κ3) is 64.1. The molecule has 1 unspecified atom stereocenters. The lowest BCUT2D eigenvalue weighted by molar-refractivity contribution is -0.167. The number of hydrogen-bond donors (Lipinski definition) is 0. The van der Waals surface area contributed by atoms with E-state index < -0.39 is 6.10 Å². The van der Waals surface area contributed by atoms with E-state index in [0.29, 0.717) is 19.3 Å². The number of carbonyl (C=O) groups excluding carboxylic acids is 3. The van der Waals surface area contributed by atoms with Crippen molar-refractivity contribution >= 4 is 17.9 Å². The highest BCUT2D eigenvalue weighted by atomic mass is 16.6. The van der Waals surface area contributed by atoms with Gasteiger partial charge in [0.2, 0.25) is 0 Å². The molecule has 0 spiro atoms. The summed E-state index contributed by atoms with van der Waals surface area (Å²) < 4.78 is 16.8. The Morgan fingerprint density at radius 2 is 0.506 bits per heavy atom. The first kappa shape index (κ1) is 74.4. The maximum Gasteiger partial charge on any atom is 0.306 e. The van der Waals surface area contributed by atoms with E-state index >= 15 is 0 Å². The molecule has 0 rings (SSSR count). The van der Waals surface area contributed by atoms with Gasteiger partial charge in [-0.15, -0.1) is 0 Å². The zero-order valence-electron chi connectivity index (χ0n) is 51.7. The van der Waals surface area contributed by atoms with E-state index in [0.717, 1.165) is 96.3 Å². The van der Waals surface area contributed by atoms with Crippen molar-refractivity contribution in [1.82, 2.24) is 0 Å². The summed E-state index contributed by atoms with van der Waals surface area (Å²) in [5.74, 6) is -0.877. The van der Waals surface area contributed by atoms with E-state index in [4.69, 9.17) is 14.2 Å². The summed E-state index contributed by atoms with van der Waals surface area (Å²) in [5.41, 5.74) is 0. The molecule has 77 heavy (non-hydrogen) atoms. The molecule has 0 saturated heterocycles. The van der Waals surface area contributed by atoms with Gasteiger partial charge in [0, 0.05) is 19.3 Å². The Labute approximate surface area is 479 Å². The van der Waals surface area contributed by atoms with Gasteiger partial charge in [-0.3, -0.25) is 14.4 Å². The van der Waals surface area contributed by atoms with Crippen LogP contribution >= 0.6 is 0 Å². The van der Waals surface area contributed by atoms with Crippen molar-refractivity contribution in [1.29, 1.82) is 0 Å². The van der Waals surface area contributed by atoms with Gasteiger partial charge in [0.15, 0.2) is 6.10 Å². The highest BCUT2D eigenvalue weighted by Gasteiger charge is 2.19. The molecule has 0 aromatic rings. The van der Waals surface area contributed by atoms with Gasteiger partial charge in [0.25, 0.3) is 0 Å². The van der Waals surface area contributed by atoms with E-state index in [1.165, 1.54) is 231 Å². The van der Waals surface area contributed by atoms with Gasteiger partial charge < -0.3 is 14.2 Å². The number of carbonyl (C=O) groups is 3. The average molecular weight is 1080 g/mol. The fourth-order valence-electron chi connectivity index (χ4n) is 10.3. The van der Waals surface area contributed by atoms with Crippen LogP contribution in [0.25, 0.3) is 0 Å². The molecule has 0 aliphatic rings. The molecule has 0 aromatic carbocycles. The maximum atomic E-state index is 12.8. The predicted molar refractivity (Wildman–Crippen MR) is 335 cm³/mol. The number of esters is 3. The smallest absolute Gasteiger partial charge is 0.306 e. The lowest BCUT2D eigenvalue weighted by Crippen LogP contribution is -2.30. The third-order valence-corrected chi connectivity index (χ3v) is 15.3. The normalized spacial score (nSPS) is 12.3. The molecule has 0 aliphatic heterocycles. The van der Waals surface area contributed by atoms with Crippen LogP contribution in [0.2, 0.25) is 0 Å². The highest BCUT2D eigenvalue weighted by Crippen LogP contribution is 2.18. The summed E-state index contributed by atoms with van der Waals surface area (Å²) in [6, 6.07) is 0. The zero-order chi connectivity index (χ0) is 55.7. The molecule has 0 amide bonds. The summed E-state index contributed by atoms with van der Waals surface area (Å²) >= 11 is 0. The molecule has 0 N–H and O–H groups in total. The number of allylic oxidation sites excluding steroid dienone is 8. The largest absolute Gasteiger partial charge is 0.462 e. The van der Waals surface area contributed by atoms with Crippen molar-refractivity contribution in [2.75, 3.05) is 13.2 Å². The topological polar surface area (TPSA) is 78.9 Å². The second-order valence-electron chi connectivity index (χ2n) is 23.1. The van der Waals surface area contributed by atoms with Crippen molar-refractivity contribution < 1.29 is 28.6 Å². The zero-order valence-corrected chi connectivity index (χ0v) is 51.7. The first-order valence-corrected chi connectivity index (χ1v) is 34.1. The molecule has 6 nitrogen and oxygen atoms in total. The van der Waals surface area contributed by atoms with Crippen molar-refractivity contribution in [3.05, 3.63) is 48.6 Å². The molecule has 0 fully saturated rings. The molecule has 0 aliphatic carbocycles. The van der Waals surface area contributed by atoms with E-state index in [1.807, 2.05) is 0 Å². The van der Waals surface area contributed by atoms with Gasteiger partial charge in [-0.25, -0.2) is 0 Å². The lowest BCUT2D eigenvalue weighted by Gasteiger charge is -2.18. The number of rotatable bonds is 63. The van der Waals surface area contributed by atoms with Crippen LogP contribution < -0.4 is 0 Å². The van der Waals surface area contributed by atoms with Crippen LogP contribution in [0.4, 0.5) is 0 Å². The monoisotopic (exact) mass is 1080 g/mol. The van der Waals surface area contributed by atoms with Gasteiger partial charge in [0.1, 0.15) is 13.2 Å². The summed E-state index contributed by atoms with van der Waals surface area (Å²) in [6.07, 6.45) is 83.3. The lowest BCUT2D eigenvalue weighted by atomic mass is 10.0. The quantitative estimate of drug-likeness (QED) is 0.0261. The van der Waals surface area contributed by atoms with Crippen LogP contribution in [-0.2, 0) is 28.6 Å². The van der Waals surface area contributed by atoms with Crippen molar-refractivity contribution in [2.45, 2.75) is 374 Å². The van der Waals surface area contributed by atoms with Crippen LogP contribution in [0.1, 0.15) is 367 Å². The van der Waals surface area contributed by atoms with Gasteiger partial charge >= 0.3 is 17.9 Å². The molecule has 0 heterocycles. The molecule has 0 bridgehead atoms. The van der Waals surface area contributed by atoms with Crippen molar-refractivity contribution in [3.8, 4) is 0 Å². The van der Waals surface area contributed by atoms with Crippen LogP contribution in [0, 0.1) is 0 Å². The SMILES string of the molecule is CC/C=C\C/C=C\C/C=C\C/C=C\CCCCCCCCC(=O)OC(COC(=O)CCCCCCCCC)COC(=O)CCCCCCCCCCCCCCCCCCCCCCCCCCCCCCCCCCC. The summed E-state index contributed by atoms with van der Waals surface area (Å²) in [5, 5.41) is 0. The first-order valence-electron chi connectivity index (χ1n) is 34.1. The number of ether oxygens (including phenoxy) is 3. The molecule has 1 atom stereocenters. The third-order valence-electron chi connectivity index (χ3n) is 15.3. The molecular formula is C71H130O6. The summed E-state index contributed by atoms with van der Waals surface area (Å²) in [4.78, 5) is 38.1. The van der Waals surface area contributed by atoms with Crippen LogP contribution in [0.5, 0.6) is 0 Å². The number of unbranched alkanes of at least 4 members (excludes halogenated alkanes) is 44. The molecular weight excluding hydrogens is 949 g/mol.